The molecular weight excluding hydrogens is 348 g/mol. The zero-order valence-corrected chi connectivity index (χ0v) is 16.2. The number of carbonyl (C=O) groups excluding carboxylic acids is 1. The second-order valence-electron chi connectivity index (χ2n) is 6.47. The number of aryl methyl sites for hydroxylation is 4. The van der Waals surface area contributed by atoms with Gasteiger partial charge in [-0.1, -0.05) is 6.07 Å². The van der Waals surface area contributed by atoms with Crippen LogP contribution < -0.4 is 10.9 Å². The number of hydrogen-bond acceptors (Lipinski definition) is 4. The van der Waals surface area contributed by atoms with Crippen LogP contribution in [0.15, 0.2) is 28.4 Å². The van der Waals surface area contributed by atoms with E-state index >= 15 is 0 Å². The highest BCUT2D eigenvalue weighted by Crippen LogP contribution is 2.16. The minimum atomic E-state index is -0.143. The molecule has 0 spiro atoms. The van der Waals surface area contributed by atoms with E-state index in [-0.39, 0.29) is 17.9 Å². The van der Waals surface area contributed by atoms with Gasteiger partial charge in [-0.2, -0.15) is 4.68 Å². The summed E-state index contributed by atoms with van der Waals surface area (Å²) in [6.45, 7) is 7.77. The quantitative estimate of drug-likeness (QED) is 0.722. The molecule has 0 aliphatic heterocycles. The van der Waals surface area contributed by atoms with Crippen molar-refractivity contribution in [2.45, 2.75) is 40.5 Å². The van der Waals surface area contributed by atoms with Crippen LogP contribution in [0, 0.1) is 27.7 Å². The summed E-state index contributed by atoms with van der Waals surface area (Å²) in [5, 5.41) is 8.45. The molecule has 7 heteroatoms. The number of carbonyl (C=O) groups is 1. The summed E-state index contributed by atoms with van der Waals surface area (Å²) in [6.07, 6.45) is 0.632. The van der Waals surface area contributed by atoms with Crippen LogP contribution in [0.4, 0.5) is 5.69 Å². The number of anilines is 1. The van der Waals surface area contributed by atoms with Crippen molar-refractivity contribution in [1.82, 2.24) is 14.8 Å². The number of aromatic amines is 1. The first-order chi connectivity index (χ1) is 12.3. The van der Waals surface area contributed by atoms with E-state index < -0.39 is 0 Å². The second-order valence-corrected chi connectivity index (χ2v) is 7.31. The first-order valence-electron chi connectivity index (χ1n) is 8.45. The molecule has 0 radical (unpaired) electrons. The lowest BCUT2D eigenvalue weighted by Crippen LogP contribution is -2.19. The van der Waals surface area contributed by atoms with Crippen LogP contribution in [0.2, 0.25) is 0 Å². The molecule has 0 aliphatic carbocycles. The fourth-order valence-corrected chi connectivity index (χ4v) is 3.50. The topological polar surface area (TPSA) is 79.8 Å². The van der Waals surface area contributed by atoms with Gasteiger partial charge >= 0.3 is 0 Å². The van der Waals surface area contributed by atoms with Crippen molar-refractivity contribution in [2.24, 2.45) is 0 Å². The molecule has 136 valence electrons. The molecule has 1 amide bonds. The lowest BCUT2D eigenvalue weighted by Gasteiger charge is -2.07. The van der Waals surface area contributed by atoms with Crippen LogP contribution in [-0.2, 0) is 11.2 Å². The molecule has 0 saturated carbocycles. The molecule has 6 nitrogen and oxygen atoms in total. The van der Waals surface area contributed by atoms with E-state index in [0.29, 0.717) is 17.1 Å². The number of H-pyrrole nitrogens is 1. The van der Waals surface area contributed by atoms with Gasteiger partial charge in [0, 0.05) is 28.7 Å². The number of amides is 1. The number of aromatic nitrogens is 3. The summed E-state index contributed by atoms with van der Waals surface area (Å²) in [4.78, 5) is 29.2. The van der Waals surface area contributed by atoms with E-state index in [0.717, 1.165) is 22.6 Å². The molecule has 2 aromatic heterocycles. The van der Waals surface area contributed by atoms with E-state index in [1.165, 1.54) is 21.6 Å². The summed E-state index contributed by atoms with van der Waals surface area (Å²) >= 11 is 1.41. The van der Waals surface area contributed by atoms with Crippen LogP contribution >= 0.6 is 11.3 Å². The highest BCUT2D eigenvalue weighted by Gasteiger charge is 2.15. The largest absolute Gasteiger partial charge is 0.326 e. The number of thiazole rings is 1. The van der Waals surface area contributed by atoms with Crippen LogP contribution in [-0.4, -0.2) is 20.7 Å². The maximum absolute atomic E-state index is 12.6. The molecule has 3 aromatic rings. The fourth-order valence-electron chi connectivity index (χ4n) is 2.74. The van der Waals surface area contributed by atoms with Crippen LogP contribution in [0.25, 0.3) is 5.13 Å². The van der Waals surface area contributed by atoms with Gasteiger partial charge in [-0.05, 0) is 57.4 Å². The zero-order valence-electron chi connectivity index (χ0n) is 15.3. The first-order valence-corrected chi connectivity index (χ1v) is 9.33. The van der Waals surface area contributed by atoms with E-state index in [9.17, 15) is 9.59 Å². The van der Waals surface area contributed by atoms with Crippen molar-refractivity contribution in [3.63, 3.8) is 0 Å². The van der Waals surface area contributed by atoms with Crippen molar-refractivity contribution >= 4 is 22.9 Å². The predicted molar refractivity (Wildman–Crippen MR) is 104 cm³/mol. The summed E-state index contributed by atoms with van der Waals surface area (Å²) in [7, 11) is 0. The molecule has 0 unspecified atom stereocenters. The molecular formula is C19H22N4O2S. The number of rotatable bonds is 5. The monoisotopic (exact) mass is 370 g/mol. The Hall–Kier alpha value is -2.67. The summed E-state index contributed by atoms with van der Waals surface area (Å²) < 4.78 is 1.45. The third kappa shape index (κ3) is 3.77. The molecule has 0 aliphatic rings. The third-order valence-corrected chi connectivity index (χ3v) is 5.33. The highest BCUT2D eigenvalue weighted by molar-refractivity contribution is 7.12. The fraction of sp³-hybridized carbons (Fsp3) is 0.316. The minimum absolute atomic E-state index is 0.107. The average Bonchev–Trinajstić information content (AvgIpc) is 3.13. The third-order valence-electron chi connectivity index (χ3n) is 4.38. The van der Waals surface area contributed by atoms with Gasteiger partial charge in [0.2, 0.25) is 11.0 Å². The lowest BCUT2D eigenvalue weighted by atomic mass is 10.1. The van der Waals surface area contributed by atoms with Crippen LogP contribution in [0.5, 0.6) is 0 Å². The van der Waals surface area contributed by atoms with Crippen molar-refractivity contribution in [3.05, 3.63) is 62.0 Å². The Morgan fingerprint density at radius 3 is 2.65 bits per heavy atom. The Balaban J connectivity index is 1.69. The lowest BCUT2D eigenvalue weighted by molar-refractivity contribution is -0.116. The normalized spacial score (nSPS) is 10.9. The van der Waals surface area contributed by atoms with Gasteiger partial charge in [-0.3, -0.25) is 14.7 Å². The molecule has 2 heterocycles. The number of nitrogens with zero attached hydrogens (tertiary/aromatic N) is 2. The van der Waals surface area contributed by atoms with Crippen LogP contribution in [0.3, 0.4) is 0 Å². The molecule has 0 bridgehead atoms. The number of nitrogens with one attached hydrogen (secondary N) is 2. The maximum Gasteiger partial charge on any atom is 0.276 e. The number of hydrogen-bond donors (Lipinski definition) is 2. The van der Waals surface area contributed by atoms with Crippen molar-refractivity contribution < 1.29 is 4.79 Å². The van der Waals surface area contributed by atoms with E-state index in [4.69, 9.17) is 0 Å². The number of benzene rings is 1. The smallest absolute Gasteiger partial charge is 0.276 e. The Bertz CT molecular complexity index is 1010. The minimum Gasteiger partial charge on any atom is -0.326 e. The van der Waals surface area contributed by atoms with Crippen molar-refractivity contribution in [1.29, 1.82) is 0 Å². The second kappa shape index (κ2) is 7.29. The summed E-state index contributed by atoms with van der Waals surface area (Å²) in [5.74, 6) is -0.107. The van der Waals surface area contributed by atoms with Crippen LogP contribution in [0.1, 0.15) is 34.5 Å². The predicted octanol–water partition coefficient (Wildman–Crippen LogP) is 3.43. The van der Waals surface area contributed by atoms with Gasteiger partial charge < -0.3 is 5.32 Å². The molecule has 0 atom stereocenters. The van der Waals surface area contributed by atoms with E-state index in [1.807, 2.05) is 51.3 Å². The molecule has 0 saturated heterocycles. The van der Waals surface area contributed by atoms with Gasteiger partial charge in [-0.15, -0.1) is 11.3 Å². The Kier molecular flexibility index (Phi) is 5.08. The molecule has 1 aromatic carbocycles. The molecule has 2 N–H and O–H groups in total. The summed E-state index contributed by atoms with van der Waals surface area (Å²) in [5.41, 5.74) is 5.21. The standard InChI is InChI=1S/C19H22N4O2S/c1-11-5-6-15(9-12(11)2)21-17(24)8-7-16-14(4)22-23(18(16)25)19-20-13(3)10-26-19/h5-6,9-10,22H,7-8H2,1-4H3,(H,21,24). The van der Waals surface area contributed by atoms with Crippen molar-refractivity contribution in [3.8, 4) is 5.13 Å². The SMILES string of the molecule is Cc1csc(-n2[nH]c(C)c(CCC(=O)Nc3ccc(C)c(C)c3)c2=O)n1. The molecule has 26 heavy (non-hydrogen) atoms. The highest BCUT2D eigenvalue weighted by atomic mass is 32.1. The van der Waals surface area contributed by atoms with Gasteiger partial charge in [0.1, 0.15) is 0 Å². The molecule has 3 rings (SSSR count). The van der Waals surface area contributed by atoms with Gasteiger partial charge in [0.05, 0.1) is 5.69 Å². The first kappa shape index (κ1) is 18.1. The van der Waals surface area contributed by atoms with Gasteiger partial charge in [0.25, 0.3) is 5.56 Å². The van der Waals surface area contributed by atoms with Gasteiger partial charge in [-0.25, -0.2) is 4.98 Å². The van der Waals surface area contributed by atoms with E-state index in [1.54, 1.807) is 0 Å². The average molecular weight is 370 g/mol. The van der Waals surface area contributed by atoms with Gasteiger partial charge in [0.15, 0.2) is 0 Å². The zero-order chi connectivity index (χ0) is 18.8. The Morgan fingerprint density at radius 2 is 2.00 bits per heavy atom. The van der Waals surface area contributed by atoms with Crippen molar-refractivity contribution in [2.75, 3.05) is 5.32 Å². The maximum atomic E-state index is 12.6. The summed E-state index contributed by atoms with van der Waals surface area (Å²) in [6, 6.07) is 5.82. The molecule has 0 fully saturated rings. The van der Waals surface area contributed by atoms with E-state index in [2.05, 4.69) is 15.4 Å². The Labute approximate surface area is 155 Å². The Morgan fingerprint density at radius 1 is 1.23 bits per heavy atom.